The van der Waals surface area contributed by atoms with Gasteiger partial charge >= 0.3 is 5.97 Å². The van der Waals surface area contributed by atoms with Gasteiger partial charge in [-0.15, -0.1) is 0 Å². The predicted molar refractivity (Wildman–Crippen MR) is 64.6 cm³/mol. The third-order valence-electron chi connectivity index (χ3n) is 3.22. The van der Waals surface area contributed by atoms with Crippen LogP contribution >= 0.6 is 0 Å². The zero-order valence-corrected chi connectivity index (χ0v) is 10.6. The van der Waals surface area contributed by atoms with Gasteiger partial charge in [-0.2, -0.15) is 0 Å². The van der Waals surface area contributed by atoms with Gasteiger partial charge in [0.1, 0.15) is 0 Å². The molecule has 1 saturated heterocycles. The van der Waals surface area contributed by atoms with Crippen molar-refractivity contribution in [2.75, 3.05) is 26.7 Å². The number of nitrogens with one attached hydrogen (secondary N) is 1. The van der Waals surface area contributed by atoms with Crippen molar-refractivity contribution >= 4 is 5.97 Å². The van der Waals surface area contributed by atoms with Gasteiger partial charge in [0, 0.05) is 12.6 Å². The van der Waals surface area contributed by atoms with E-state index >= 15 is 0 Å². The van der Waals surface area contributed by atoms with Crippen molar-refractivity contribution in [3.05, 3.63) is 0 Å². The number of nitrogens with zero attached hydrogens (tertiary/aromatic N) is 1. The zero-order chi connectivity index (χ0) is 12.2. The van der Waals surface area contributed by atoms with Crippen LogP contribution in [0.25, 0.3) is 0 Å². The highest BCUT2D eigenvalue weighted by Gasteiger charge is 2.24. The van der Waals surface area contributed by atoms with Crippen LogP contribution in [0.15, 0.2) is 0 Å². The molecule has 0 aromatic rings. The summed E-state index contributed by atoms with van der Waals surface area (Å²) in [5.74, 6) is -0.713. The van der Waals surface area contributed by atoms with Gasteiger partial charge in [-0.1, -0.05) is 13.8 Å². The van der Waals surface area contributed by atoms with Gasteiger partial charge in [-0.3, -0.25) is 4.79 Å². The Labute approximate surface area is 98.0 Å². The second-order valence-corrected chi connectivity index (χ2v) is 5.69. The van der Waals surface area contributed by atoms with Gasteiger partial charge in [0.2, 0.25) is 0 Å². The largest absolute Gasteiger partial charge is 0.481 e. The Bertz CT molecular complexity index is 233. The first-order valence-corrected chi connectivity index (χ1v) is 6.03. The van der Waals surface area contributed by atoms with E-state index in [0.29, 0.717) is 6.04 Å². The van der Waals surface area contributed by atoms with Crippen LogP contribution in [0, 0.1) is 5.41 Å². The lowest BCUT2D eigenvalue weighted by Gasteiger charge is -2.32. The third kappa shape index (κ3) is 4.94. The van der Waals surface area contributed by atoms with Crippen LogP contribution in [0.5, 0.6) is 0 Å². The minimum atomic E-state index is -0.713. The average Bonchev–Trinajstić information content (AvgIpc) is 2.15. The number of carboxylic acids is 1. The molecular formula is C12H24N2O2. The number of carboxylic acid groups (broad SMARTS) is 1. The van der Waals surface area contributed by atoms with E-state index in [1.807, 2.05) is 13.8 Å². The Hall–Kier alpha value is -0.610. The van der Waals surface area contributed by atoms with Crippen molar-refractivity contribution in [3.8, 4) is 0 Å². The lowest BCUT2D eigenvalue weighted by Crippen LogP contribution is -2.44. The number of hydrogen-bond donors (Lipinski definition) is 2. The van der Waals surface area contributed by atoms with Crippen molar-refractivity contribution in [1.29, 1.82) is 0 Å². The van der Waals surface area contributed by atoms with E-state index in [9.17, 15) is 4.79 Å². The van der Waals surface area contributed by atoms with E-state index in [1.54, 1.807) is 0 Å². The first kappa shape index (κ1) is 13.5. The number of hydrogen-bond acceptors (Lipinski definition) is 3. The van der Waals surface area contributed by atoms with Gasteiger partial charge in [-0.25, -0.2) is 0 Å². The molecule has 1 fully saturated rings. The van der Waals surface area contributed by atoms with Crippen LogP contribution in [0.2, 0.25) is 0 Å². The van der Waals surface area contributed by atoms with Crippen molar-refractivity contribution < 1.29 is 9.90 Å². The predicted octanol–water partition coefficient (Wildman–Crippen LogP) is 1.17. The molecule has 0 unspecified atom stereocenters. The molecule has 0 atom stereocenters. The molecule has 0 amide bonds. The van der Waals surface area contributed by atoms with Gasteiger partial charge in [0.15, 0.2) is 0 Å². The van der Waals surface area contributed by atoms with E-state index in [-0.39, 0.29) is 11.8 Å². The Morgan fingerprint density at radius 3 is 2.50 bits per heavy atom. The molecule has 2 N–H and O–H groups in total. The topological polar surface area (TPSA) is 52.6 Å². The summed E-state index contributed by atoms with van der Waals surface area (Å²) < 4.78 is 0. The van der Waals surface area contributed by atoms with Crippen molar-refractivity contribution in [2.24, 2.45) is 5.41 Å². The summed E-state index contributed by atoms with van der Waals surface area (Å²) >= 11 is 0. The van der Waals surface area contributed by atoms with E-state index < -0.39 is 5.97 Å². The van der Waals surface area contributed by atoms with Crippen molar-refractivity contribution in [1.82, 2.24) is 10.2 Å². The Balaban J connectivity index is 2.25. The summed E-state index contributed by atoms with van der Waals surface area (Å²) in [6, 6.07) is 0.560. The monoisotopic (exact) mass is 228 g/mol. The molecule has 0 aliphatic carbocycles. The minimum Gasteiger partial charge on any atom is -0.481 e. The van der Waals surface area contributed by atoms with Gasteiger partial charge < -0.3 is 15.3 Å². The molecule has 1 aliphatic rings. The fourth-order valence-corrected chi connectivity index (χ4v) is 2.11. The molecule has 16 heavy (non-hydrogen) atoms. The molecule has 1 heterocycles. The number of piperidine rings is 1. The van der Waals surface area contributed by atoms with E-state index in [1.165, 1.54) is 12.8 Å². The standard InChI is InChI=1S/C12H24N2O2/c1-12(2,8-11(15)16)9-13-10-4-6-14(3)7-5-10/h10,13H,4-9H2,1-3H3,(H,15,16). The molecule has 0 aromatic carbocycles. The lowest BCUT2D eigenvalue weighted by atomic mass is 9.88. The molecule has 1 rings (SSSR count). The first-order valence-electron chi connectivity index (χ1n) is 6.03. The van der Waals surface area contributed by atoms with Crippen LogP contribution in [-0.2, 0) is 4.79 Å². The van der Waals surface area contributed by atoms with Crippen molar-refractivity contribution in [2.45, 2.75) is 39.2 Å². The summed E-state index contributed by atoms with van der Waals surface area (Å²) in [4.78, 5) is 13.0. The van der Waals surface area contributed by atoms with Crippen molar-refractivity contribution in [3.63, 3.8) is 0 Å². The second kappa shape index (κ2) is 5.64. The molecule has 0 bridgehead atoms. The number of aliphatic carboxylic acids is 1. The normalized spacial score (nSPS) is 19.9. The molecule has 0 aromatic heterocycles. The zero-order valence-electron chi connectivity index (χ0n) is 10.6. The Kier molecular flexibility index (Phi) is 4.74. The van der Waals surface area contributed by atoms with Gasteiger partial charge in [-0.05, 0) is 38.4 Å². The number of carbonyl (C=O) groups is 1. The summed E-state index contributed by atoms with van der Waals surface area (Å²) in [7, 11) is 2.14. The molecule has 0 radical (unpaired) electrons. The van der Waals surface area contributed by atoms with Crippen LogP contribution in [0.1, 0.15) is 33.1 Å². The van der Waals surface area contributed by atoms with Crippen LogP contribution in [-0.4, -0.2) is 48.7 Å². The van der Waals surface area contributed by atoms with Gasteiger partial charge in [0.25, 0.3) is 0 Å². The summed E-state index contributed by atoms with van der Waals surface area (Å²) in [6.07, 6.45) is 2.56. The fourth-order valence-electron chi connectivity index (χ4n) is 2.11. The molecule has 4 heteroatoms. The summed E-state index contributed by atoms with van der Waals surface area (Å²) in [5, 5.41) is 12.3. The highest BCUT2D eigenvalue weighted by molar-refractivity contribution is 5.67. The van der Waals surface area contributed by atoms with E-state index in [4.69, 9.17) is 5.11 Å². The van der Waals surface area contributed by atoms with Gasteiger partial charge in [0.05, 0.1) is 6.42 Å². The van der Waals surface area contributed by atoms with Crippen LogP contribution < -0.4 is 5.32 Å². The molecule has 94 valence electrons. The fraction of sp³-hybridized carbons (Fsp3) is 0.917. The minimum absolute atomic E-state index is 0.158. The second-order valence-electron chi connectivity index (χ2n) is 5.69. The molecule has 1 aliphatic heterocycles. The highest BCUT2D eigenvalue weighted by Crippen LogP contribution is 2.20. The first-order chi connectivity index (χ1) is 7.39. The molecule has 0 saturated carbocycles. The summed E-state index contributed by atoms with van der Waals surface area (Å²) in [6.45, 7) is 7.06. The number of rotatable bonds is 5. The maximum absolute atomic E-state index is 10.7. The highest BCUT2D eigenvalue weighted by atomic mass is 16.4. The lowest BCUT2D eigenvalue weighted by molar-refractivity contribution is -0.139. The molecule has 0 spiro atoms. The smallest absolute Gasteiger partial charge is 0.303 e. The Morgan fingerprint density at radius 1 is 1.44 bits per heavy atom. The third-order valence-corrected chi connectivity index (χ3v) is 3.22. The van der Waals surface area contributed by atoms with E-state index in [0.717, 1.165) is 19.6 Å². The molecule has 4 nitrogen and oxygen atoms in total. The SMILES string of the molecule is CN1CCC(NCC(C)(C)CC(=O)O)CC1. The quantitative estimate of drug-likeness (QED) is 0.741. The van der Waals surface area contributed by atoms with E-state index in [2.05, 4.69) is 17.3 Å². The number of likely N-dealkylation sites (tertiary alicyclic amines) is 1. The maximum Gasteiger partial charge on any atom is 0.303 e. The maximum atomic E-state index is 10.7. The van der Waals surface area contributed by atoms with Crippen LogP contribution in [0.4, 0.5) is 0 Å². The van der Waals surface area contributed by atoms with Crippen LogP contribution in [0.3, 0.4) is 0 Å². The Morgan fingerprint density at radius 2 is 2.00 bits per heavy atom. The molecular weight excluding hydrogens is 204 g/mol. The summed E-state index contributed by atoms with van der Waals surface area (Å²) in [5.41, 5.74) is -0.158. The average molecular weight is 228 g/mol.